The first-order chi connectivity index (χ1) is 11.8. The minimum absolute atomic E-state index is 0.0781. The molecule has 2 aliphatic rings. The van der Waals surface area contributed by atoms with Gasteiger partial charge in [0.1, 0.15) is 5.75 Å². The van der Waals surface area contributed by atoms with Gasteiger partial charge in [0.2, 0.25) is 5.88 Å². The fourth-order valence-electron chi connectivity index (χ4n) is 3.94. The summed E-state index contributed by atoms with van der Waals surface area (Å²) < 4.78 is 5.44. The zero-order chi connectivity index (χ0) is 17.9. The molecule has 1 aromatic carbocycles. The van der Waals surface area contributed by atoms with Gasteiger partial charge < -0.3 is 14.9 Å². The average molecular weight is 359 g/mol. The Morgan fingerprint density at radius 1 is 1.36 bits per heavy atom. The maximum atomic E-state index is 13.0. The Morgan fingerprint density at radius 2 is 2.12 bits per heavy atom. The van der Waals surface area contributed by atoms with Crippen LogP contribution in [0.4, 0.5) is 5.88 Å². The smallest absolute Gasteiger partial charge is 0.233 e. The summed E-state index contributed by atoms with van der Waals surface area (Å²) in [5, 5.41) is 18.3. The summed E-state index contributed by atoms with van der Waals surface area (Å²) in [7, 11) is 0. The lowest BCUT2D eigenvalue weighted by Gasteiger charge is -2.37. The summed E-state index contributed by atoms with van der Waals surface area (Å²) in [5.41, 5.74) is 3.46. The highest BCUT2D eigenvalue weighted by molar-refractivity contribution is 6.30. The molecule has 1 aliphatic carbocycles. The van der Waals surface area contributed by atoms with Crippen molar-refractivity contribution in [1.82, 2.24) is 5.16 Å². The van der Waals surface area contributed by atoms with Crippen LogP contribution in [0.2, 0.25) is 5.02 Å². The van der Waals surface area contributed by atoms with E-state index in [1.54, 1.807) is 18.2 Å². The highest BCUT2D eigenvalue weighted by atomic mass is 35.5. The second-order valence-corrected chi connectivity index (χ2v) is 8.04. The molecule has 2 aromatic rings. The molecule has 0 spiro atoms. The van der Waals surface area contributed by atoms with Crippen LogP contribution >= 0.6 is 11.6 Å². The van der Waals surface area contributed by atoms with E-state index >= 15 is 0 Å². The van der Waals surface area contributed by atoms with E-state index in [2.05, 4.69) is 24.3 Å². The predicted molar refractivity (Wildman–Crippen MR) is 94.9 cm³/mol. The first-order valence-corrected chi connectivity index (χ1v) is 8.62. The van der Waals surface area contributed by atoms with Gasteiger partial charge in [-0.3, -0.25) is 4.79 Å². The molecule has 1 aliphatic heterocycles. The molecule has 6 heteroatoms. The van der Waals surface area contributed by atoms with Crippen LogP contribution in [0.3, 0.4) is 0 Å². The highest BCUT2D eigenvalue weighted by Crippen LogP contribution is 2.51. The molecule has 2 heterocycles. The molecule has 1 unspecified atom stereocenters. The third kappa shape index (κ3) is 2.54. The Kier molecular flexibility index (Phi) is 3.48. The lowest BCUT2D eigenvalue weighted by atomic mass is 9.69. The van der Waals surface area contributed by atoms with E-state index in [1.165, 1.54) is 0 Å². The molecule has 0 fully saturated rings. The third-order valence-corrected chi connectivity index (χ3v) is 5.21. The van der Waals surface area contributed by atoms with Gasteiger partial charge in [-0.2, -0.15) is 0 Å². The number of fused-ring (bicyclic) bond motifs is 1. The van der Waals surface area contributed by atoms with Crippen LogP contribution in [-0.4, -0.2) is 16.0 Å². The number of halogens is 1. The largest absolute Gasteiger partial charge is 0.508 e. The molecule has 130 valence electrons. The SMILES string of the molecule is Cc1noc2c1C(c1cc(Cl)ccc1O)C1=C(CC(C)(C)CC1=O)N2. The first-order valence-electron chi connectivity index (χ1n) is 8.25. The zero-order valence-electron chi connectivity index (χ0n) is 14.3. The van der Waals surface area contributed by atoms with E-state index in [0.29, 0.717) is 34.2 Å². The van der Waals surface area contributed by atoms with E-state index in [0.717, 1.165) is 17.7 Å². The van der Waals surface area contributed by atoms with Gasteiger partial charge in [0.15, 0.2) is 5.78 Å². The molecule has 25 heavy (non-hydrogen) atoms. The van der Waals surface area contributed by atoms with E-state index in [4.69, 9.17) is 16.1 Å². The van der Waals surface area contributed by atoms with Crippen molar-refractivity contribution in [3.8, 4) is 5.75 Å². The lowest BCUT2D eigenvalue weighted by molar-refractivity contribution is -0.118. The molecule has 0 saturated carbocycles. The van der Waals surface area contributed by atoms with Crippen molar-refractivity contribution in [2.75, 3.05) is 5.32 Å². The van der Waals surface area contributed by atoms with Gasteiger partial charge in [-0.1, -0.05) is 30.6 Å². The van der Waals surface area contributed by atoms with Crippen LogP contribution in [0.15, 0.2) is 34.0 Å². The maximum absolute atomic E-state index is 13.0. The van der Waals surface area contributed by atoms with Crippen molar-refractivity contribution >= 4 is 23.3 Å². The molecule has 0 amide bonds. The summed E-state index contributed by atoms with van der Waals surface area (Å²) in [6.45, 7) is 5.98. The summed E-state index contributed by atoms with van der Waals surface area (Å²) in [4.78, 5) is 13.0. The number of hydrogen-bond donors (Lipinski definition) is 2. The zero-order valence-corrected chi connectivity index (χ0v) is 15.1. The van der Waals surface area contributed by atoms with Gasteiger partial charge in [-0.15, -0.1) is 0 Å². The van der Waals surface area contributed by atoms with Crippen LogP contribution in [0.1, 0.15) is 49.4 Å². The number of carbonyl (C=O) groups excluding carboxylic acids is 1. The van der Waals surface area contributed by atoms with Crippen LogP contribution in [0.5, 0.6) is 5.75 Å². The standard InChI is InChI=1S/C19H19ClN2O3/c1-9-15-16(11-6-10(20)4-5-13(11)23)17-12(21-18(15)25-22-9)7-19(2,3)8-14(17)24/h4-6,16,21,23H,7-8H2,1-3H3. The molecule has 0 saturated heterocycles. The fourth-order valence-corrected chi connectivity index (χ4v) is 4.12. The van der Waals surface area contributed by atoms with Crippen LogP contribution < -0.4 is 5.32 Å². The molecule has 1 aromatic heterocycles. The molecule has 5 nitrogen and oxygen atoms in total. The number of aromatic hydroxyl groups is 1. The number of nitrogens with zero attached hydrogens (tertiary/aromatic N) is 1. The first kappa shape index (κ1) is 16.2. The molecule has 0 radical (unpaired) electrons. The molecule has 2 N–H and O–H groups in total. The number of Topliss-reactive ketones (excluding diaryl/α,β-unsaturated/α-hetero) is 1. The minimum Gasteiger partial charge on any atom is -0.508 e. The number of aromatic nitrogens is 1. The average Bonchev–Trinajstić information content (AvgIpc) is 2.87. The Labute approximate surface area is 150 Å². The number of carbonyl (C=O) groups is 1. The summed E-state index contributed by atoms with van der Waals surface area (Å²) in [5.74, 6) is 0.285. The number of phenols is 1. The topological polar surface area (TPSA) is 75.4 Å². The molecule has 4 rings (SSSR count). The van der Waals surface area contributed by atoms with Gasteiger partial charge in [0, 0.05) is 28.3 Å². The van der Waals surface area contributed by atoms with Crippen molar-refractivity contribution in [2.24, 2.45) is 5.41 Å². The lowest BCUT2D eigenvalue weighted by Crippen LogP contribution is -2.33. The monoisotopic (exact) mass is 358 g/mol. The number of anilines is 1. The Morgan fingerprint density at radius 3 is 2.88 bits per heavy atom. The van der Waals surface area contributed by atoms with Crippen LogP contribution in [0.25, 0.3) is 0 Å². The number of aryl methyl sites for hydroxylation is 1. The number of hydrogen-bond acceptors (Lipinski definition) is 5. The summed E-state index contributed by atoms with van der Waals surface area (Å²) in [6.07, 6.45) is 1.19. The number of ketones is 1. The van der Waals surface area contributed by atoms with Gasteiger partial charge in [0.25, 0.3) is 0 Å². The van der Waals surface area contributed by atoms with Crippen LogP contribution in [-0.2, 0) is 4.79 Å². The Balaban J connectivity index is 1.98. The highest BCUT2D eigenvalue weighted by Gasteiger charge is 2.43. The van der Waals surface area contributed by atoms with E-state index < -0.39 is 5.92 Å². The van der Waals surface area contributed by atoms with Crippen molar-refractivity contribution in [3.63, 3.8) is 0 Å². The summed E-state index contributed by atoms with van der Waals surface area (Å²) in [6, 6.07) is 4.89. The number of benzene rings is 1. The van der Waals surface area contributed by atoms with E-state index in [1.807, 2.05) is 6.92 Å². The quantitative estimate of drug-likeness (QED) is 0.782. The molecular formula is C19H19ClN2O3. The van der Waals surface area contributed by atoms with Crippen molar-refractivity contribution < 1.29 is 14.4 Å². The van der Waals surface area contributed by atoms with Gasteiger partial charge >= 0.3 is 0 Å². The van der Waals surface area contributed by atoms with Crippen LogP contribution in [0, 0.1) is 12.3 Å². The van der Waals surface area contributed by atoms with Crippen molar-refractivity contribution in [2.45, 2.75) is 39.5 Å². The van der Waals surface area contributed by atoms with Gasteiger partial charge in [-0.25, -0.2) is 0 Å². The third-order valence-electron chi connectivity index (χ3n) is 4.97. The number of nitrogens with one attached hydrogen (secondary N) is 1. The van der Waals surface area contributed by atoms with Crippen molar-refractivity contribution in [1.29, 1.82) is 0 Å². The molecular weight excluding hydrogens is 340 g/mol. The minimum atomic E-state index is -0.431. The van der Waals surface area contributed by atoms with E-state index in [9.17, 15) is 9.90 Å². The number of phenolic OH excluding ortho intramolecular Hbond substituents is 1. The van der Waals surface area contributed by atoms with Gasteiger partial charge in [0.05, 0.1) is 17.2 Å². The van der Waals surface area contributed by atoms with Crippen molar-refractivity contribution in [3.05, 3.63) is 51.3 Å². The fraction of sp³-hybridized carbons (Fsp3) is 0.368. The molecule has 1 atom stereocenters. The number of rotatable bonds is 1. The Hall–Kier alpha value is -2.27. The van der Waals surface area contributed by atoms with E-state index in [-0.39, 0.29) is 16.9 Å². The second-order valence-electron chi connectivity index (χ2n) is 7.61. The Bertz CT molecular complexity index is 927. The summed E-state index contributed by atoms with van der Waals surface area (Å²) >= 11 is 6.17. The normalized spacial score (nSPS) is 21.6. The predicted octanol–water partition coefficient (Wildman–Crippen LogP) is 4.54. The second kappa shape index (κ2) is 5.36. The van der Waals surface area contributed by atoms with Gasteiger partial charge in [-0.05, 0) is 37.0 Å². The molecule has 0 bridgehead atoms. The number of allylic oxidation sites excluding steroid dienone is 2. The maximum Gasteiger partial charge on any atom is 0.233 e.